The largest absolute Gasteiger partial charge is 0.414 e. The maximum Gasteiger partial charge on any atom is 0.192 e. The Morgan fingerprint density at radius 2 is 1.47 bits per heavy atom. The van der Waals surface area contributed by atoms with Crippen molar-refractivity contribution in [3.05, 3.63) is 12.2 Å². The highest BCUT2D eigenvalue weighted by atomic mass is 28.4. The molecule has 0 heterocycles. The van der Waals surface area contributed by atoms with Crippen LogP contribution in [0.15, 0.2) is 12.2 Å². The molecule has 2 aliphatic carbocycles. The van der Waals surface area contributed by atoms with Crippen LogP contribution < -0.4 is 0 Å². The van der Waals surface area contributed by atoms with Crippen molar-refractivity contribution in [2.75, 3.05) is 0 Å². The van der Waals surface area contributed by atoms with Gasteiger partial charge in [-0.3, -0.25) is 4.79 Å². The summed E-state index contributed by atoms with van der Waals surface area (Å²) in [6, 6.07) is 0. The summed E-state index contributed by atoms with van der Waals surface area (Å²) in [5, 5.41) is 0.349. The van der Waals surface area contributed by atoms with Gasteiger partial charge in [0, 0.05) is 18.4 Å². The van der Waals surface area contributed by atoms with Gasteiger partial charge in [-0.1, -0.05) is 67.4 Å². The van der Waals surface area contributed by atoms with Gasteiger partial charge in [-0.2, -0.15) is 0 Å². The highest BCUT2D eigenvalue weighted by Gasteiger charge is 2.46. The van der Waals surface area contributed by atoms with Crippen molar-refractivity contribution in [3.8, 4) is 0 Å². The summed E-state index contributed by atoms with van der Waals surface area (Å²) < 4.78 is 13.8. The summed E-state index contributed by atoms with van der Waals surface area (Å²) in [6.07, 6.45) is 9.37. The third-order valence-electron chi connectivity index (χ3n) is 9.08. The number of rotatable bonds is 8. The molecule has 0 spiro atoms. The van der Waals surface area contributed by atoms with E-state index in [1.165, 1.54) is 32.1 Å². The van der Waals surface area contributed by atoms with Crippen LogP contribution in [0, 0.1) is 11.8 Å². The molecule has 0 amide bonds. The molecule has 2 fully saturated rings. The van der Waals surface area contributed by atoms with Crippen LogP contribution in [0.4, 0.5) is 0 Å². The van der Waals surface area contributed by atoms with Gasteiger partial charge in [-0.05, 0) is 73.4 Å². The molecule has 2 aliphatic rings. The van der Waals surface area contributed by atoms with E-state index in [1.807, 2.05) is 0 Å². The van der Waals surface area contributed by atoms with Crippen molar-refractivity contribution >= 4 is 22.4 Å². The Labute approximate surface area is 201 Å². The lowest BCUT2D eigenvalue weighted by atomic mass is 9.82. The van der Waals surface area contributed by atoms with Crippen LogP contribution in [0.1, 0.15) is 92.9 Å². The predicted octanol–water partition coefficient (Wildman–Crippen LogP) is 8.27. The van der Waals surface area contributed by atoms with Crippen LogP contribution in [0.3, 0.4) is 0 Å². The van der Waals surface area contributed by atoms with Gasteiger partial charge in [0.1, 0.15) is 0 Å². The SMILES string of the molecule is C=C1C(=O)C[C@@H](O[Si](C)(C)C(C)(C)C)[C@@H]1CC[C@@H](O[Si](C)(C)C(C)(C)C)C1CCCCC1. The van der Waals surface area contributed by atoms with Gasteiger partial charge in [0.25, 0.3) is 0 Å². The van der Waals surface area contributed by atoms with Gasteiger partial charge in [0.2, 0.25) is 0 Å². The highest BCUT2D eigenvalue weighted by molar-refractivity contribution is 6.74. The third-order valence-corrected chi connectivity index (χ3v) is 18.1. The maximum atomic E-state index is 12.6. The Morgan fingerprint density at radius 3 is 1.97 bits per heavy atom. The standard InChI is InChI=1S/C27H52O3Si2/c1-20-22(25(19-23(20)28)30-32(10,11)27(5,6)7)17-18-24(21-15-13-12-14-16-21)29-31(8,9)26(2,3)4/h21-22,24-25H,1,12-19H2,2-11H3/t22-,24-,25-/m1/s1. The Bertz CT molecular complexity index is 663. The first-order chi connectivity index (χ1) is 14.5. The summed E-state index contributed by atoms with van der Waals surface area (Å²) in [4.78, 5) is 12.6. The number of hydrogen-bond donors (Lipinski definition) is 0. The van der Waals surface area contributed by atoms with Crippen LogP contribution in [-0.2, 0) is 13.6 Å². The van der Waals surface area contributed by atoms with Crippen molar-refractivity contribution in [3.63, 3.8) is 0 Å². The van der Waals surface area contributed by atoms with E-state index < -0.39 is 16.6 Å². The summed E-state index contributed by atoms with van der Waals surface area (Å²) in [6.45, 7) is 27.4. The minimum absolute atomic E-state index is 0.00392. The number of carbonyl (C=O) groups excluding carboxylic acids is 1. The van der Waals surface area contributed by atoms with Gasteiger partial charge < -0.3 is 8.85 Å². The fraction of sp³-hybridized carbons (Fsp3) is 0.889. The zero-order valence-electron chi connectivity index (χ0n) is 22.9. The van der Waals surface area contributed by atoms with Gasteiger partial charge in [-0.25, -0.2) is 0 Å². The molecule has 0 radical (unpaired) electrons. The Morgan fingerprint density at radius 1 is 0.938 bits per heavy atom. The van der Waals surface area contributed by atoms with Gasteiger partial charge in [0.15, 0.2) is 22.4 Å². The Kier molecular flexibility index (Phi) is 8.90. The smallest absolute Gasteiger partial charge is 0.192 e. The Hall–Kier alpha value is -0.236. The molecular weight excluding hydrogens is 428 g/mol. The molecule has 0 aromatic heterocycles. The normalized spacial score (nSPS) is 25.4. The molecule has 0 unspecified atom stereocenters. The van der Waals surface area contributed by atoms with Crippen LogP contribution in [0.25, 0.3) is 0 Å². The number of carbonyl (C=O) groups is 1. The van der Waals surface area contributed by atoms with E-state index in [-0.39, 0.29) is 27.9 Å². The molecule has 0 aromatic rings. The molecular formula is C27H52O3Si2. The molecule has 0 N–H and O–H groups in total. The zero-order valence-corrected chi connectivity index (χ0v) is 24.9. The first-order valence-electron chi connectivity index (χ1n) is 13.0. The van der Waals surface area contributed by atoms with E-state index >= 15 is 0 Å². The van der Waals surface area contributed by atoms with E-state index in [0.717, 1.165) is 18.4 Å². The molecule has 2 rings (SSSR count). The molecule has 0 aromatic carbocycles. The number of Topliss-reactive ketones (excluding diaryl/α,β-unsaturated/α-hetero) is 1. The summed E-state index contributed by atoms with van der Waals surface area (Å²) in [5.74, 6) is 1.01. The molecule has 2 saturated carbocycles. The molecule has 0 aliphatic heterocycles. The van der Waals surface area contributed by atoms with Crippen LogP contribution >= 0.6 is 0 Å². The number of hydrogen-bond acceptors (Lipinski definition) is 3. The lowest BCUT2D eigenvalue weighted by molar-refractivity contribution is -0.115. The second kappa shape index (κ2) is 10.2. The number of ketones is 1. The van der Waals surface area contributed by atoms with Gasteiger partial charge in [-0.15, -0.1) is 0 Å². The second-order valence-corrected chi connectivity index (χ2v) is 23.1. The molecule has 5 heteroatoms. The van der Waals surface area contributed by atoms with Crippen LogP contribution in [0.2, 0.25) is 36.3 Å². The van der Waals surface area contributed by atoms with Gasteiger partial charge >= 0.3 is 0 Å². The Balaban J connectivity index is 2.17. The highest BCUT2D eigenvalue weighted by Crippen LogP contribution is 2.44. The molecule has 186 valence electrons. The predicted molar refractivity (Wildman–Crippen MR) is 142 cm³/mol. The summed E-state index contributed by atoms with van der Waals surface area (Å²) in [5.41, 5.74) is 0.795. The van der Waals surface area contributed by atoms with E-state index in [9.17, 15) is 4.79 Å². The first-order valence-corrected chi connectivity index (χ1v) is 18.9. The van der Waals surface area contributed by atoms with Crippen molar-refractivity contribution in [2.24, 2.45) is 11.8 Å². The molecule has 3 nitrogen and oxygen atoms in total. The van der Waals surface area contributed by atoms with E-state index in [4.69, 9.17) is 8.85 Å². The van der Waals surface area contributed by atoms with Crippen molar-refractivity contribution in [1.29, 1.82) is 0 Å². The topological polar surface area (TPSA) is 35.5 Å². The summed E-state index contributed by atoms with van der Waals surface area (Å²) in [7, 11) is -3.79. The van der Waals surface area contributed by atoms with E-state index in [0.29, 0.717) is 18.4 Å². The van der Waals surface area contributed by atoms with Crippen LogP contribution in [0.5, 0.6) is 0 Å². The molecule has 32 heavy (non-hydrogen) atoms. The lowest BCUT2D eigenvalue weighted by Crippen LogP contribution is -2.46. The maximum absolute atomic E-state index is 12.6. The average Bonchev–Trinajstić information content (AvgIpc) is 2.90. The van der Waals surface area contributed by atoms with E-state index in [1.54, 1.807) is 0 Å². The van der Waals surface area contributed by atoms with E-state index in [2.05, 4.69) is 74.3 Å². The lowest BCUT2D eigenvalue weighted by Gasteiger charge is -2.43. The van der Waals surface area contributed by atoms with Crippen molar-refractivity contribution in [1.82, 2.24) is 0 Å². The quantitative estimate of drug-likeness (QED) is 0.259. The average molecular weight is 481 g/mol. The molecule has 0 saturated heterocycles. The second-order valence-electron chi connectivity index (χ2n) is 13.6. The van der Waals surface area contributed by atoms with Crippen molar-refractivity contribution < 1.29 is 13.6 Å². The minimum atomic E-state index is -1.94. The minimum Gasteiger partial charge on any atom is -0.414 e. The third kappa shape index (κ3) is 6.67. The summed E-state index contributed by atoms with van der Waals surface area (Å²) >= 11 is 0. The first kappa shape index (κ1) is 28.0. The van der Waals surface area contributed by atoms with Gasteiger partial charge in [0.05, 0.1) is 6.10 Å². The molecule has 0 bridgehead atoms. The zero-order chi connectivity index (χ0) is 24.5. The fourth-order valence-corrected chi connectivity index (χ4v) is 7.50. The monoisotopic (exact) mass is 480 g/mol. The van der Waals surface area contributed by atoms with Crippen molar-refractivity contribution in [2.45, 2.75) is 141 Å². The fourth-order valence-electron chi connectivity index (χ4n) is 4.72. The van der Waals surface area contributed by atoms with Crippen LogP contribution in [-0.4, -0.2) is 34.6 Å². The molecule has 3 atom stereocenters.